The maximum Gasteiger partial charge on any atom is 0.320 e. The number of aromatic amines is 1. The van der Waals surface area contributed by atoms with Crippen molar-refractivity contribution in [3.8, 4) is 5.75 Å². The van der Waals surface area contributed by atoms with Crippen LogP contribution in [0.25, 0.3) is 10.9 Å². The lowest BCUT2D eigenvalue weighted by Crippen LogP contribution is -2.28. The van der Waals surface area contributed by atoms with Crippen molar-refractivity contribution in [2.45, 2.75) is 33.6 Å². The second kappa shape index (κ2) is 9.21. The number of esters is 2. The third-order valence-corrected chi connectivity index (χ3v) is 4.36. The van der Waals surface area contributed by atoms with E-state index >= 15 is 0 Å². The first-order valence-electron chi connectivity index (χ1n) is 8.95. The highest BCUT2D eigenvalue weighted by Crippen LogP contribution is 2.30. The van der Waals surface area contributed by atoms with Gasteiger partial charge in [-0.1, -0.05) is 0 Å². The van der Waals surface area contributed by atoms with Crippen LogP contribution in [0, 0.1) is 12.8 Å². The summed E-state index contributed by atoms with van der Waals surface area (Å²) in [7, 11) is 1.54. The predicted octanol–water partition coefficient (Wildman–Crippen LogP) is 2.52. The molecular formula is C20H25NO6. The zero-order chi connectivity index (χ0) is 20.0. The fraction of sp³-hybridized carbons (Fsp3) is 0.450. The summed E-state index contributed by atoms with van der Waals surface area (Å²) in [6, 6.07) is 5.00. The topological polar surface area (TPSA) is 94.7 Å². The van der Waals surface area contributed by atoms with Crippen LogP contribution in [0.4, 0.5) is 0 Å². The second-order valence-electron chi connectivity index (χ2n) is 6.08. The molecule has 1 aromatic heterocycles. The zero-order valence-electron chi connectivity index (χ0n) is 16.1. The normalized spacial score (nSPS) is 10.9. The minimum absolute atomic E-state index is 0.195. The van der Waals surface area contributed by atoms with Gasteiger partial charge in [0, 0.05) is 11.5 Å². The van der Waals surface area contributed by atoms with Gasteiger partial charge >= 0.3 is 11.9 Å². The lowest BCUT2D eigenvalue weighted by atomic mass is 9.93. The number of fused-ring (bicyclic) bond motifs is 1. The number of carbonyl (C=O) groups excluding carboxylic acids is 2. The van der Waals surface area contributed by atoms with Crippen molar-refractivity contribution in [3.05, 3.63) is 39.7 Å². The fourth-order valence-corrected chi connectivity index (χ4v) is 3.09. The van der Waals surface area contributed by atoms with Crippen LogP contribution < -0.4 is 10.3 Å². The molecule has 1 N–H and O–H groups in total. The number of carbonyl (C=O) groups is 2. The van der Waals surface area contributed by atoms with E-state index in [1.165, 1.54) is 13.2 Å². The molecule has 0 bridgehead atoms. The van der Waals surface area contributed by atoms with Crippen LogP contribution in [0.3, 0.4) is 0 Å². The third kappa shape index (κ3) is 4.67. The molecule has 0 radical (unpaired) electrons. The standard InChI is InChI=1S/C20H25NO6/c1-5-26-19(23)15(20(24)27-6-2)8-7-13-12(3)11-16(25-4)18-14(13)9-10-17(22)21-18/h9-11,15H,5-8H2,1-4H3,(H,21,22). The smallest absolute Gasteiger partial charge is 0.320 e. The number of nitrogens with one attached hydrogen (secondary N) is 1. The Kier molecular flexibility index (Phi) is 6.98. The summed E-state index contributed by atoms with van der Waals surface area (Å²) in [5.41, 5.74) is 2.24. The van der Waals surface area contributed by atoms with Crippen LogP contribution in [0.15, 0.2) is 23.0 Å². The average Bonchev–Trinajstić information content (AvgIpc) is 2.63. The molecule has 7 heteroatoms. The van der Waals surface area contributed by atoms with Crippen LogP contribution in [0.1, 0.15) is 31.4 Å². The molecule has 1 aromatic carbocycles. The van der Waals surface area contributed by atoms with Gasteiger partial charge in [0.1, 0.15) is 5.75 Å². The molecule has 2 rings (SSSR count). The summed E-state index contributed by atoms with van der Waals surface area (Å²) in [4.78, 5) is 38.9. The van der Waals surface area contributed by atoms with E-state index in [0.717, 1.165) is 16.5 Å². The van der Waals surface area contributed by atoms with Crippen molar-refractivity contribution >= 4 is 22.8 Å². The number of methoxy groups -OCH3 is 1. The summed E-state index contributed by atoms with van der Waals surface area (Å²) in [5, 5.41) is 0.818. The molecule has 0 saturated heterocycles. The first-order chi connectivity index (χ1) is 12.9. The van der Waals surface area contributed by atoms with E-state index in [0.29, 0.717) is 17.7 Å². The Morgan fingerprint density at radius 3 is 2.30 bits per heavy atom. The molecule has 0 amide bonds. The van der Waals surface area contributed by atoms with Crippen LogP contribution in [-0.2, 0) is 25.5 Å². The minimum Gasteiger partial charge on any atom is -0.495 e. The minimum atomic E-state index is -0.982. The van der Waals surface area contributed by atoms with Crippen molar-refractivity contribution in [2.75, 3.05) is 20.3 Å². The molecule has 0 unspecified atom stereocenters. The van der Waals surface area contributed by atoms with Gasteiger partial charge in [-0.05, 0) is 56.9 Å². The maximum absolute atomic E-state index is 12.2. The molecule has 0 spiro atoms. The number of benzene rings is 1. The van der Waals surface area contributed by atoms with E-state index in [1.807, 2.05) is 13.0 Å². The first kappa shape index (κ1) is 20.5. The van der Waals surface area contributed by atoms with Gasteiger partial charge in [0.2, 0.25) is 5.56 Å². The number of hydrogen-bond acceptors (Lipinski definition) is 6. The zero-order valence-corrected chi connectivity index (χ0v) is 16.1. The van der Waals surface area contributed by atoms with Crippen molar-refractivity contribution in [3.63, 3.8) is 0 Å². The largest absolute Gasteiger partial charge is 0.495 e. The third-order valence-electron chi connectivity index (χ3n) is 4.36. The number of H-pyrrole nitrogens is 1. The molecule has 27 heavy (non-hydrogen) atoms. The second-order valence-corrected chi connectivity index (χ2v) is 6.08. The van der Waals surface area contributed by atoms with E-state index in [2.05, 4.69) is 4.98 Å². The van der Waals surface area contributed by atoms with Crippen LogP contribution in [0.2, 0.25) is 0 Å². The highest BCUT2D eigenvalue weighted by Gasteiger charge is 2.29. The number of ether oxygens (including phenoxy) is 3. The lowest BCUT2D eigenvalue weighted by Gasteiger charge is -2.17. The van der Waals surface area contributed by atoms with Gasteiger partial charge in [-0.3, -0.25) is 14.4 Å². The van der Waals surface area contributed by atoms with Gasteiger partial charge in [-0.2, -0.15) is 0 Å². The maximum atomic E-state index is 12.2. The Hall–Kier alpha value is -2.83. The number of pyridine rings is 1. The molecule has 2 aromatic rings. The summed E-state index contributed by atoms with van der Waals surface area (Å²) in [6.07, 6.45) is 0.694. The molecule has 0 saturated carbocycles. The summed E-state index contributed by atoms with van der Waals surface area (Å²) < 4.78 is 15.4. The Bertz CT molecular complexity index is 868. The van der Waals surface area contributed by atoms with Gasteiger partial charge in [0.25, 0.3) is 0 Å². The number of aryl methyl sites for hydroxylation is 2. The molecule has 146 valence electrons. The van der Waals surface area contributed by atoms with Gasteiger partial charge < -0.3 is 19.2 Å². The van der Waals surface area contributed by atoms with Gasteiger partial charge in [-0.25, -0.2) is 0 Å². The van der Waals surface area contributed by atoms with Gasteiger partial charge in [0.15, 0.2) is 5.92 Å². The van der Waals surface area contributed by atoms with Crippen molar-refractivity contribution in [2.24, 2.45) is 5.92 Å². The highest BCUT2D eigenvalue weighted by molar-refractivity contribution is 5.95. The number of hydrogen-bond donors (Lipinski definition) is 1. The Balaban J connectivity index is 2.38. The summed E-state index contributed by atoms with van der Waals surface area (Å²) in [5.74, 6) is -1.58. The van der Waals surface area contributed by atoms with Gasteiger partial charge in [0.05, 0.1) is 25.8 Å². The predicted molar refractivity (Wildman–Crippen MR) is 101 cm³/mol. The number of rotatable bonds is 8. The van der Waals surface area contributed by atoms with E-state index in [4.69, 9.17) is 14.2 Å². The van der Waals surface area contributed by atoms with E-state index in [-0.39, 0.29) is 25.2 Å². The molecule has 1 heterocycles. The van der Waals surface area contributed by atoms with Crippen molar-refractivity contribution in [1.82, 2.24) is 4.98 Å². The molecule has 0 aliphatic carbocycles. The van der Waals surface area contributed by atoms with Crippen LogP contribution in [0.5, 0.6) is 5.75 Å². The molecule has 0 aliphatic heterocycles. The van der Waals surface area contributed by atoms with E-state index in [1.54, 1.807) is 19.9 Å². The molecule has 7 nitrogen and oxygen atoms in total. The Morgan fingerprint density at radius 1 is 1.11 bits per heavy atom. The molecular weight excluding hydrogens is 350 g/mol. The Morgan fingerprint density at radius 2 is 1.74 bits per heavy atom. The van der Waals surface area contributed by atoms with Crippen LogP contribution in [-0.4, -0.2) is 37.2 Å². The fourth-order valence-electron chi connectivity index (χ4n) is 3.09. The quantitative estimate of drug-likeness (QED) is 0.563. The SMILES string of the molecule is CCOC(=O)C(CCc1c(C)cc(OC)c2[nH]c(=O)ccc12)C(=O)OCC. The monoisotopic (exact) mass is 375 g/mol. The molecule has 0 aliphatic rings. The number of aromatic nitrogens is 1. The van der Waals surface area contributed by atoms with Crippen molar-refractivity contribution < 1.29 is 23.8 Å². The molecule has 0 atom stereocenters. The first-order valence-corrected chi connectivity index (χ1v) is 8.95. The van der Waals surface area contributed by atoms with E-state index < -0.39 is 17.9 Å². The summed E-state index contributed by atoms with van der Waals surface area (Å²) >= 11 is 0. The summed E-state index contributed by atoms with van der Waals surface area (Å²) in [6.45, 7) is 5.70. The van der Waals surface area contributed by atoms with Crippen molar-refractivity contribution in [1.29, 1.82) is 0 Å². The average molecular weight is 375 g/mol. The lowest BCUT2D eigenvalue weighted by molar-refractivity contribution is -0.161. The van der Waals surface area contributed by atoms with Gasteiger partial charge in [-0.15, -0.1) is 0 Å². The van der Waals surface area contributed by atoms with E-state index in [9.17, 15) is 14.4 Å². The highest BCUT2D eigenvalue weighted by atomic mass is 16.6. The van der Waals surface area contributed by atoms with Crippen LogP contribution >= 0.6 is 0 Å². The Labute approximate surface area is 157 Å². The molecule has 0 fully saturated rings.